The number of unbranched alkanes of at least 4 members (excludes halogenated alkanes) is 4. The van der Waals surface area contributed by atoms with Gasteiger partial charge in [-0.15, -0.1) is 0 Å². The molecule has 0 spiro atoms. The van der Waals surface area contributed by atoms with Crippen molar-refractivity contribution < 1.29 is 0 Å². The lowest BCUT2D eigenvalue weighted by molar-refractivity contribution is 0.479. The first-order valence-electron chi connectivity index (χ1n) is 6.91. The van der Waals surface area contributed by atoms with Crippen LogP contribution in [0.25, 0.3) is 0 Å². The highest BCUT2D eigenvalue weighted by molar-refractivity contribution is 9.10. The van der Waals surface area contributed by atoms with Crippen LogP contribution in [0.3, 0.4) is 0 Å². The Kier molecular flexibility index (Phi) is 7.56. The fourth-order valence-corrected chi connectivity index (χ4v) is 2.43. The zero-order valence-corrected chi connectivity index (χ0v) is 13.1. The Morgan fingerprint density at radius 3 is 2.56 bits per heavy atom. The van der Waals surface area contributed by atoms with E-state index in [-0.39, 0.29) is 6.04 Å². The lowest BCUT2D eigenvalue weighted by Crippen LogP contribution is -2.28. The minimum absolute atomic E-state index is 0.276. The number of halogens is 1. The Morgan fingerprint density at radius 2 is 1.94 bits per heavy atom. The third kappa shape index (κ3) is 5.09. The largest absolute Gasteiger partial charge is 0.271 e. The summed E-state index contributed by atoms with van der Waals surface area (Å²) >= 11 is 3.53. The average molecular weight is 313 g/mol. The fourth-order valence-electron chi connectivity index (χ4n) is 2.18. The van der Waals surface area contributed by atoms with Gasteiger partial charge >= 0.3 is 0 Å². The van der Waals surface area contributed by atoms with Crippen LogP contribution in [0.15, 0.2) is 22.7 Å². The van der Waals surface area contributed by atoms with Crippen molar-refractivity contribution in [3.05, 3.63) is 33.8 Å². The molecule has 1 atom stereocenters. The van der Waals surface area contributed by atoms with Gasteiger partial charge in [-0.2, -0.15) is 0 Å². The van der Waals surface area contributed by atoms with Gasteiger partial charge in [0.1, 0.15) is 0 Å². The summed E-state index contributed by atoms with van der Waals surface area (Å²) in [5.41, 5.74) is 5.49. The van der Waals surface area contributed by atoms with Crippen molar-refractivity contribution in [2.24, 2.45) is 5.84 Å². The maximum Gasteiger partial charge on any atom is 0.0460 e. The van der Waals surface area contributed by atoms with Crippen LogP contribution in [-0.4, -0.2) is 0 Å². The molecule has 0 saturated heterocycles. The predicted molar refractivity (Wildman–Crippen MR) is 82.3 cm³/mol. The van der Waals surface area contributed by atoms with E-state index in [2.05, 4.69) is 53.4 Å². The van der Waals surface area contributed by atoms with Crippen molar-refractivity contribution in [2.75, 3.05) is 0 Å². The van der Waals surface area contributed by atoms with Crippen LogP contribution >= 0.6 is 15.9 Å². The number of aryl methyl sites for hydroxylation is 1. The molecule has 1 aromatic carbocycles. The van der Waals surface area contributed by atoms with E-state index in [9.17, 15) is 0 Å². The Labute approximate surface area is 119 Å². The van der Waals surface area contributed by atoms with E-state index in [0.717, 1.165) is 10.9 Å². The minimum Gasteiger partial charge on any atom is -0.271 e. The first kappa shape index (κ1) is 15.7. The Hall–Kier alpha value is -0.380. The minimum atomic E-state index is 0.276. The van der Waals surface area contributed by atoms with E-state index in [1.54, 1.807) is 0 Å². The van der Waals surface area contributed by atoms with Crippen molar-refractivity contribution in [3.63, 3.8) is 0 Å². The molecule has 3 heteroatoms. The molecule has 102 valence electrons. The summed E-state index contributed by atoms with van der Waals surface area (Å²) in [6, 6.07) is 6.74. The van der Waals surface area contributed by atoms with E-state index >= 15 is 0 Å². The maximum absolute atomic E-state index is 5.67. The zero-order valence-electron chi connectivity index (χ0n) is 11.5. The van der Waals surface area contributed by atoms with E-state index in [0.29, 0.717) is 0 Å². The molecule has 0 aliphatic carbocycles. The lowest BCUT2D eigenvalue weighted by Gasteiger charge is -2.17. The second-order valence-corrected chi connectivity index (χ2v) is 5.79. The standard InChI is InChI=1S/C15H25BrN2/c1-3-4-5-6-7-8-15(18-17)13-9-10-14(16)12(2)11-13/h9-11,15,18H,3-8,17H2,1-2H3. The summed E-state index contributed by atoms with van der Waals surface area (Å²) in [4.78, 5) is 0. The van der Waals surface area contributed by atoms with Gasteiger partial charge in [0.25, 0.3) is 0 Å². The van der Waals surface area contributed by atoms with Gasteiger partial charge in [0.05, 0.1) is 0 Å². The van der Waals surface area contributed by atoms with Crippen LogP contribution < -0.4 is 11.3 Å². The molecule has 0 radical (unpaired) electrons. The van der Waals surface area contributed by atoms with Gasteiger partial charge in [0, 0.05) is 10.5 Å². The summed E-state index contributed by atoms with van der Waals surface area (Å²) in [6.45, 7) is 4.36. The number of nitrogens with two attached hydrogens (primary N) is 1. The van der Waals surface area contributed by atoms with Crippen LogP contribution in [-0.2, 0) is 0 Å². The Balaban J connectivity index is 2.47. The van der Waals surface area contributed by atoms with Crippen LogP contribution in [0.4, 0.5) is 0 Å². The highest BCUT2D eigenvalue weighted by atomic mass is 79.9. The Morgan fingerprint density at radius 1 is 1.22 bits per heavy atom. The number of benzene rings is 1. The smallest absolute Gasteiger partial charge is 0.0460 e. The number of rotatable bonds is 8. The Bertz CT molecular complexity index is 352. The molecule has 0 amide bonds. The van der Waals surface area contributed by atoms with E-state index in [4.69, 9.17) is 5.84 Å². The van der Waals surface area contributed by atoms with E-state index in [1.807, 2.05) is 0 Å². The molecule has 2 nitrogen and oxygen atoms in total. The van der Waals surface area contributed by atoms with Gasteiger partial charge in [-0.05, 0) is 30.5 Å². The molecule has 0 aliphatic heterocycles. The maximum atomic E-state index is 5.67. The summed E-state index contributed by atoms with van der Waals surface area (Å²) < 4.78 is 1.16. The summed E-state index contributed by atoms with van der Waals surface area (Å²) in [7, 11) is 0. The fraction of sp³-hybridized carbons (Fsp3) is 0.600. The van der Waals surface area contributed by atoms with Gasteiger partial charge in [-0.1, -0.05) is 67.1 Å². The van der Waals surface area contributed by atoms with Gasteiger partial charge in [-0.25, -0.2) is 0 Å². The molecule has 0 bridgehead atoms. The van der Waals surface area contributed by atoms with Crippen LogP contribution in [0.1, 0.15) is 62.6 Å². The number of hydrogen-bond acceptors (Lipinski definition) is 2. The molecule has 0 fully saturated rings. The topological polar surface area (TPSA) is 38.0 Å². The molecule has 1 rings (SSSR count). The van der Waals surface area contributed by atoms with E-state index < -0.39 is 0 Å². The molecule has 3 N–H and O–H groups in total. The number of hydrogen-bond donors (Lipinski definition) is 2. The molecule has 18 heavy (non-hydrogen) atoms. The quantitative estimate of drug-likeness (QED) is 0.417. The van der Waals surface area contributed by atoms with Crippen LogP contribution in [0.5, 0.6) is 0 Å². The first-order chi connectivity index (χ1) is 8.69. The van der Waals surface area contributed by atoms with Crippen molar-refractivity contribution >= 4 is 15.9 Å². The van der Waals surface area contributed by atoms with Crippen LogP contribution in [0, 0.1) is 6.92 Å². The third-order valence-corrected chi connectivity index (χ3v) is 4.27. The summed E-state index contributed by atoms with van der Waals surface area (Å²) in [5, 5.41) is 0. The SMILES string of the molecule is CCCCCCCC(NN)c1ccc(Br)c(C)c1. The second kappa shape index (κ2) is 8.68. The van der Waals surface area contributed by atoms with Crippen LogP contribution in [0.2, 0.25) is 0 Å². The van der Waals surface area contributed by atoms with Crippen molar-refractivity contribution in [2.45, 2.75) is 58.4 Å². The molecular weight excluding hydrogens is 288 g/mol. The molecule has 0 heterocycles. The van der Waals surface area contributed by atoms with Crippen molar-refractivity contribution in [3.8, 4) is 0 Å². The molecule has 0 saturated carbocycles. The highest BCUT2D eigenvalue weighted by Gasteiger charge is 2.10. The van der Waals surface area contributed by atoms with Crippen molar-refractivity contribution in [1.82, 2.24) is 5.43 Å². The average Bonchev–Trinajstić information content (AvgIpc) is 2.37. The normalized spacial score (nSPS) is 12.7. The number of hydrazine groups is 1. The van der Waals surface area contributed by atoms with Gasteiger partial charge < -0.3 is 0 Å². The molecule has 0 aromatic heterocycles. The second-order valence-electron chi connectivity index (χ2n) is 4.93. The zero-order chi connectivity index (χ0) is 13.4. The van der Waals surface area contributed by atoms with Crippen molar-refractivity contribution in [1.29, 1.82) is 0 Å². The molecular formula is C15H25BrN2. The summed E-state index contributed by atoms with van der Waals surface area (Å²) in [5.74, 6) is 5.67. The van der Waals surface area contributed by atoms with E-state index in [1.165, 1.54) is 43.2 Å². The monoisotopic (exact) mass is 312 g/mol. The molecule has 1 unspecified atom stereocenters. The predicted octanol–water partition coefficient (Wildman–Crippen LogP) is 4.62. The number of nitrogens with one attached hydrogen (secondary N) is 1. The van der Waals surface area contributed by atoms with Gasteiger partial charge in [0.15, 0.2) is 0 Å². The molecule has 1 aromatic rings. The summed E-state index contributed by atoms with van der Waals surface area (Å²) in [6.07, 6.45) is 7.64. The molecule has 0 aliphatic rings. The highest BCUT2D eigenvalue weighted by Crippen LogP contribution is 2.24. The van der Waals surface area contributed by atoms with Gasteiger partial charge in [0.2, 0.25) is 0 Å². The third-order valence-electron chi connectivity index (χ3n) is 3.38. The van der Waals surface area contributed by atoms with Gasteiger partial charge in [-0.3, -0.25) is 11.3 Å². The first-order valence-corrected chi connectivity index (χ1v) is 7.70. The lowest BCUT2D eigenvalue weighted by atomic mass is 9.99.